The van der Waals surface area contributed by atoms with Crippen LogP contribution in [0.15, 0.2) is 42.6 Å². The number of anilines is 1. The zero-order valence-corrected chi connectivity index (χ0v) is 13.8. The van der Waals surface area contributed by atoms with Crippen LogP contribution in [0.5, 0.6) is 0 Å². The van der Waals surface area contributed by atoms with E-state index >= 15 is 0 Å². The van der Waals surface area contributed by atoms with Crippen molar-refractivity contribution in [3.05, 3.63) is 59.4 Å². The van der Waals surface area contributed by atoms with Crippen LogP contribution in [-0.2, 0) is 11.2 Å². The highest BCUT2D eigenvalue weighted by Gasteiger charge is 2.12. The Morgan fingerprint density at radius 1 is 1.12 bits per heavy atom. The van der Waals surface area contributed by atoms with Crippen LogP contribution in [0, 0.1) is 0 Å². The molecule has 2 rings (SSSR count). The molecule has 0 aliphatic carbocycles. The van der Waals surface area contributed by atoms with Gasteiger partial charge in [-0.05, 0) is 36.2 Å². The molecule has 1 aromatic carbocycles. The highest BCUT2D eigenvalue weighted by atomic mass is 16.5. The molecule has 0 aliphatic heterocycles. The molecule has 1 aromatic heterocycles. The first-order chi connectivity index (χ1) is 11.6. The number of pyridine rings is 1. The fourth-order valence-corrected chi connectivity index (χ4v) is 2.08. The first-order valence-corrected chi connectivity index (χ1v) is 7.77. The van der Waals surface area contributed by atoms with Crippen molar-refractivity contribution in [3.63, 3.8) is 0 Å². The number of hydrogen-bond acceptors (Lipinski definition) is 4. The zero-order valence-electron chi connectivity index (χ0n) is 13.8. The van der Waals surface area contributed by atoms with Crippen LogP contribution < -0.4 is 10.6 Å². The smallest absolute Gasteiger partial charge is 0.274 e. The van der Waals surface area contributed by atoms with Gasteiger partial charge in [-0.1, -0.05) is 19.1 Å². The standard InChI is InChI=1S/C18H21N3O3/c1-3-13-4-6-15(7-5-13)21-18(23)16-12-14(8-9-19-16)17(22)20-10-11-24-2/h4-9,12H,3,10-11H2,1-2H3,(H,20,22)(H,21,23). The molecule has 0 spiro atoms. The summed E-state index contributed by atoms with van der Waals surface area (Å²) < 4.78 is 4.88. The van der Waals surface area contributed by atoms with E-state index in [9.17, 15) is 9.59 Å². The molecule has 0 saturated carbocycles. The lowest BCUT2D eigenvalue weighted by Crippen LogP contribution is -2.27. The lowest BCUT2D eigenvalue weighted by molar-refractivity contribution is 0.0937. The minimum atomic E-state index is -0.356. The third-order valence-electron chi connectivity index (χ3n) is 3.47. The van der Waals surface area contributed by atoms with Crippen LogP contribution >= 0.6 is 0 Å². The number of aryl methyl sites for hydroxylation is 1. The predicted molar refractivity (Wildman–Crippen MR) is 92.2 cm³/mol. The number of benzene rings is 1. The summed E-state index contributed by atoms with van der Waals surface area (Å²) in [6, 6.07) is 10.6. The van der Waals surface area contributed by atoms with Crippen molar-refractivity contribution < 1.29 is 14.3 Å². The van der Waals surface area contributed by atoms with Gasteiger partial charge in [0.25, 0.3) is 11.8 Å². The van der Waals surface area contributed by atoms with Crippen molar-refractivity contribution >= 4 is 17.5 Å². The molecule has 0 saturated heterocycles. The fraction of sp³-hybridized carbons (Fsp3) is 0.278. The summed E-state index contributed by atoms with van der Waals surface area (Å²) in [6.45, 7) is 2.90. The van der Waals surface area contributed by atoms with E-state index in [0.29, 0.717) is 24.4 Å². The number of nitrogens with one attached hydrogen (secondary N) is 2. The Balaban J connectivity index is 2.03. The summed E-state index contributed by atoms with van der Waals surface area (Å²) in [5.74, 6) is -0.624. The van der Waals surface area contributed by atoms with Crippen molar-refractivity contribution in [1.82, 2.24) is 10.3 Å². The second kappa shape index (κ2) is 8.79. The monoisotopic (exact) mass is 327 g/mol. The molecule has 0 radical (unpaired) electrons. The van der Waals surface area contributed by atoms with Crippen LogP contribution in [-0.4, -0.2) is 37.1 Å². The summed E-state index contributed by atoms with van der Waals surface area (Å²) in [5, 5.41) is 5.48. The molecule has 2 amide bonds. The van der Waals surface area contributed by atoms with E-state index in [4.69, 9.17) is 4.74 Å². The molecule has 0 fully saturated rings. The van der Waals surface area contributed by atoms with E-state index in [1.165, 1.54) is 17.8 Å². The van der Waals surface area contributed by atoms with E-state index in [-0.39, 0.29) is 17.5 Å². The average molecular weight is 327 g/mol. The van der Waals surface area contributed by atoms with Gasteiger partial charge in [-0.3, -0.25) is 14.6 Å². The zero-order chi connectivity index (χ0) is 17.4. The highest BCUT2D eigenvalue weighted by molar-refractivity contribution is 6.04. The maximum Gasteiger partial charge on any atom is 0.274 e. The highest BCUT2D eigenvalue weighted by Crippen LogP contribution is 2.11. The number of hydrogen-bond donors (Lipinski definition) is 2. The lowest BCUT2D eigenvalue weighted by Gasteiger charge is -2.08. The van der Waals surface area contributed by atoms with Crippen molar-refractivity contribution in [2.75, 3.05) is 25.6 Å². The van der Waals surface area contributed by atoms with Gasteiger partial charge >= 0.3 is 0 Å². The van der Waals surface area contributed by atoms with Gasteiger partial charge in [0, 0.05) is 31.1 Å². The molecule has 6 nitrogen and oxygen atoms in total. The summed E-state index contributed by atoms with van der Waals surface area (Å²) >= 11 is 0. The first kappa shape index (κ1) is 17.6. The van der Waals surface area contributed by atoms with Gasteiger partial charge in [-0.25, -0.2) is 0 Å². The van der Waals surface area contributed by atoms with Crippen LogP contribution in [0.4, 0.5) is 5.69 Å². The number of aromatic nitrogens is 1. The molecule has 24 heavy (non-hydrogen) atoms. The second-order valence-corrected chi connectivity index (χ2v) is 5.18. The van der Waals surface area contributed by atoms with Crippen LogP contribution in [0.3, 0.4) is 0 Å². The summed E-state index contributed by atoms with van der Waals surface area (Å²) in [7, 11) is 1.56. The minimum absolute atomic E-state index is 0.189. The van der Waals surface area contributed by atoms with Crippen molar-refractivity contribution in [1.29, 1.82) is 0 Å². The van der Waals surface area contributed by atoms with Crippen molar-refractivity contribution in [2.45, 2.75) is 13.3 Å². The van der Waals surface area contributed by atoms with Gasteiger partial charge in [-0.15, -0.1) is 0 Å². The van der Waals surface area contributed by atoms with E-state index in [1.54, 1.807) is 13.2 Å². The van der Waals surface area contributed by atoms with E-state index in [2.05, 4.69) is 22.5 Å². The minimum Gasteiger partial charge on any atom is -0.383 e. The van der Waals surface area contributed by atoms with Crippen LogP contribution in [0.1, 0.15) is 33.3 Å². The van der Waals surface area contributed by atoms with Gasteiger partial charge in [0.05, 0.1) is 6.61 Å². The second-order valence-electron chi connectivity index (χ2n) is 5.18. The summed E-state index contributed by atoms with van der Waals surface area (Å²) in [4.78, 5) is 28.3. The third-order valence-corrected chi connectivity index (χ3v) is 3.47. The molecule has 1 heterocycles. The average Bonchev–Trinajstić information content (AvgIpc) is 2.62. The van der Waals surface area contributed by atoms with Crippen molar-refractivity contribution in [2.24, 2.45) is 0 Å². The Bertz CT molecular complexity index is 699. The van der Waals surface area contributed by atoms with Gasteiger partial charge in [0.1, 0.15) is 5.69 Å². The van der Waals surface area contributed by atoms with E-state index in [0.717, 1.165) is 6.42 Å². The Labute approximate surface area is 141 Å². The fourth-order valence-electron chi connectivity index (χ4n) is 2.08. The summed E-state index contributed by atoms with van der Waals surface area (Å²) in [6.07, 6.45) is 2.39. The van der Waals surface area contributed by atoms with Crippen LogP contribution in [0.2, 0.25) is 0 Å². The SMILES string of the molecule is CCc1ccc(NC(=O)c2cc(C(=O)NCCOC)ccn2)cc1. The molecule has 0 aliphatic rings. The maximum atomic E-state index is 12.3. The molecule has 0 atom stereocenters. The number of rotatable bonds is 7. The van der Waals surface area contributed by atoms with Gasteiger partial charge in [0.2, 0.25) is 0 Å². The number of nitrogens with zero attached hydrogens (tertiary/aromatic N) is 1. The number of carbonyl (C=O) groups excluding carboxylic acids is 2. The third kappa shape index (κ3) is 4.89. The number of ether oxygens (including phenoxy) is 1. The molecule has 0 unspecified atom stereocenters. The first-order valence-electron chi connectivity index (χ1n) is 7.77. The largest absolute Gasteiger partial charge is 0.383 e. The van der Waals surface area contributed by atoms with Crippen LogP contribution in [0.25, 0.3) is 0 Å². The summed E-state index contributed by atoms with van der Waals surface area (Å²) in [5.41, 5.74) is 2.45. The maximum absolute atomic E-state index is 12.3. The predicted octanol–water partition coefficient (Wildman–Crippen LogP) is 2.27. The van der Waals surface area contributed by atoms with E-state index in [1.807, 2.05) is 24.3 Å². The Morgan fingerprint density at radius 3 is 2.54 bits per heavy atom. The number of methoxy groups -OCH3 is 1. The van der Waals surface area contributed by atoms with Gasteiger partial charge < -0.3 is 15.4 Å². The molecular weight excluding hydrogens is 306 g/mol. The molecule has 2 N–H and O–H groups in total. The number of carbonyl (C=O) groups is 2. The molecule has 2 aromatic rings. The lowest BCUT2D eigenvalue weighted by atomic mass is 10.1. The Kier molecular flexibility index (Phi) is 6.45. The van der Waals surface area contributed by atoms with Crippen molar-refractivity contribution in [3.8, 4) is 0 Å². The molecule has 126 valence electrons. The molecule has 6 heteroatoms. The Morgan fingerprint density at radius 2 is 1.88 bits per heavy atom. The van der Waals surface area contributed by atoms with Gasteiger partial charge in [0.15, 0.2) is 0 Å². The quantitative estimate of drug-likeness (QED) is 0.765. The molecule has 0 bridgehead atoms. The molecular formula is C18H21N3O3. The Hall–Kier alpha value is -2.73. The topological polar surface area (TPSA) is 80.3 Å². The normalized spacial score (nSPS) is 10.2. The van der Waals surface area contributed by atoms with E-state index < -0.39 is 0 Å². The number of amides is 2. The van der Waals surface area contributed by atoms with Gasteiger partial charge in [-0.2, -0.15) is 0 Å².